The highest BCUT2D eigenvalue weighted by atomic mass is 19.1. The number of nitrogens with zero attached hydrogens (tertiary/aromatic N) is 5. The van der Waals surface area contributed by atoms with Gasteiger partial charge in [-0.25, -0.2) is 14.1 Å². The summed E-state index contributed by atoms with van der Waals surface area (Å²) in [6, 6.07) is 19.3. The van der Waals surface area contributed by atoms with Crippen LogP contribution >= 0.6 is 0 Å². The first-order valence-corrected chi connectivity index (χ1v) is 13.2. The third kappa shape index (κ3) is 4.13. The van der Waals surface area contributed by atoms with Gasteiger partial charge in [0.05, 0.1) is 29.7 Å². The Morgan fingerprint density at radius 3 is 2.73 bits per heavy atom. The SMILES string of the molecule is Cn1ncc2c(-c3nn4c(c3C(=O)N[C@H]3N=C(c5ccccc5)c5cccc(F)c5NC3=O)OCCC4)cccc21. The average Bonchev–Trinajstić information content (AvgIpc) is 3.53. The number of anilines is 1. The second-order valence-corrected chi connectivity index (χ2v) is 9.83. The van der Waals surface area contributed by atoms with Crippen LogP contribution in [0.4, 0.5) is 10.1 Å². The Hall–Kier alpha value is -5.32. The Morgan fingerprint density at radius 2 is 1.88 bits per heavy atom. The molecule has 2 aromatic heterocycles. The normalized spacial score (nSPS) is 16.2. The highest BCUT2D eigenvalue weighted by molar-refractivity contribution is 6.20. The molecular weight excluding hydrogens is 525 g/mol. The van der Waals surface area contributed by atoms with Gasteiger partial charge in [-0.1, -0.05) is 54.6 Å². The van der Waals surface area contributed by atoms with E-state index in [1.165, 1.54) is 6.07 Å². The molecular formula is C30H24FN7O3. The standard InChI is InChI=1S/C30H24FN7O3/c1-37-22-13-6-10-18(20(22)16-32-37)26-23(30-38(36-26)14-7-15-41-30)28(39)35-27-29(40)34-25-19(11-5-12-21(25)31)24(33-27)17-8-3-2-4-9-17/h2-6,8-13,16,27H,7,14-15H2,1H3,(H,34,40)(H,35,39)/t27-/m1/s1. The fourth-order valence-corrected chi connectivity index (χ4v) is 5.32. The molecule has 2 N–H and O–H groups in total. The zero-order valence-corrected chi connectivity index (χ0v) is 22.0. The van der Waals surface area contributed by atoms with Crippen molar-refractivity contribution >= 4 is 34.1 Å². The fraction of sp³-hybridized carbons (Fsp3) is 0.167. The van der Waals surface area contributed by atoms with Gasteiger partial charge < -0.3 is 15.4 Å². The number of carbonyl (C=O) groups is 2. The number of ether oxygens (including phenoxy) is 1. The van der Waals surface area contributed by atoms with Gasteiger partial charge in [0, 0.05) is 42.1 Å². The predicted molar refractivity (Wildman–Crippen MR) is 150 cm³/mol. The molecule has 0 saturated carbocycles. The second kappa shape index (κ2) is 9.70. The maximum atomic E-state index is 14.9. The molecule has 0 radical (unpaired) electrons. The molecule has 5 aromatic rings. The molecule has 41 heavy (non-hydrogen) atoms. The Labute approximate surface area is 233 Å². The molecule has 2 aliphatic rings. The van der Waals surface area contributed by atoms with Gasteiger partial charge in [-0.15, -0.1) is 0 Å². The van der Waals surface area contributed by atoms with E-state index in [1.807, 2.05) is 55.6 Å². The van der Waals surface area contributed by atoms with Gasteiger partial charge in [0.1, 0.15) is 17.1 Å². The Bertz CT molecular complexity index is 1880. The van der Waals surface area contributed by atoms with E-state index in [1.54, 1.807) is 27.7 Å². The van der Waals surface area contributed by atoms with Crippen molar-refractivity contribution in [3.05, 3.63) is 95.4 Å². The number of fused-ring (bicyclic) bond motifs is 3. The third-order valence-electron chi connectivity index (χ3n) is 7.27. The first-order valence-electron chi connectivity index (χ1n) is 13.2. The minimum Gasteiger partial charge on any atom is -0.477 e. The van der Waals surface area contributed by atoms with Crippen LogP contribution in [0.15, 0.2) is 77.9 Å². The highest BCUT2D eigenvalue weighted by Gasteiger charge is 2.34. The van der Waals surface area contributed by atoms with E-state index >= 15 is 0 Å². The number of aromatic nitrogens is 4. The third-order valence-corrected chi connectivity index (χ3v) is 7.27. The molecule has 2 amide bonds. The number of halogens is 1. The van der Waals surface area contributed by atoms with E-state index in [9.17, 15) is 14.0 Å². The number of carbonyl (C=O) groups excluding carboxylic acids is 2. The lowest BCUT2D eigenvalue weighted by atomic mass is 10.0. The summed E-state index contributed by atoms with van der Waals surface area (Å²) >= 11 is 0. The monoisotopic (exact) mass is 549 g/mol. The van der Waals surface area contributed by atoms with Crippen LogP contribution in [-0.2, 0) is 18.4 Å². The van der Waals surface area contributed by atoms with Crippen molar-refractivity contribution < 1.29 is 18.7 Å². The number of aliphatic imine (C=N–C) groups is 1. The number of para-hydroxylation sites is 1. The zero-order valence-electron chi connectivity index (χ0n) is 22.0. The van der Waals surface area contributed by atoms with Gasteiger partial charge in [0.25, 0.3) is 11.8 Å². The van der Waals surface area contributed by atoms with Gasteiger partial charge in [0.15, 0.2) is 0 Å². The van der Waals surface area contributed by atoms with Crippen molar-refractivity contribution in [2.24, 2.45) is 12.0 Å². The lowest BCUT2D eigenvalue weighted by Gasteiger charge is -2.17. The number of benzodiazepines with no additional fused rings is 1. The summed E-state index contributed by atoms with van der Waals surface area (Å²) < 4.78 is 24.2. The van der Waals surface area contributed by atoms with Crippen LogP contribution in [0.5, 0.6) is 5.88 Å². The predicted octanol–water partition coefficient (Wildman–Crippen LogP) is 3.90. The number of aryl methyl sites for hydroxylation is 2. The van der Waals surface area contributed by atoms with Crippen molar-refractivity contribution in [2.75, 3.05) is 11.9 Å². The highest BCUT2D eigenvalue weighted by Crippen LogP contribution is 2.36. The minimum absolute atomic E-state index is 0.00652. The van der Waals surface area contributed by atoms with Gasteiger partial charge in [-0.3, -0.25) is 14.3 Å². The summed E-state index contributed by atoms with van der Waals surface area (Å²) in [4.78, 5) is 32.1. The van der Waals surface area contributed by atoms with Gasteiger partial charge in [0.2, 0.25) is 12.0 Å². The molecule has 4 heterocycles. The van der Waals surface area contributed by atoms with Crippen LogP contribution in [0.2, 0.25) is 0 Å². The number of hydrogen-bond donors (Lipinski definition) is 2. The number of nitrogens with one attached hydrogen (secondary N) is 2. The van der Waals surface area contributed by atoms with E-state index in [-0.39, 0.29) is 11.3 Å². The first kappa shape index (κ1) is 24.7. The Morgan fingerprint density at radius 1 is 1.07 bits per heavy atom. The number of amides is 2. The number of benzene rings is 3. The van der Waals surface area contributed by atoms with Crippen LogP contribution in [0.25, 0.3) is 22.2 Å². The molecule has 204 valence electrons. The number of hydrogen-bond acceptors (Lipinski definition) is 6. The summed E-state index contributed by atoms with van der Waals surface area (Å²) in [5, 5.41) is 15.3. The smallest absolute Gasteiger partial charge is 0.269 e. The van der Waals surface area contributed by atoms with Crippen LogP contribution in [-0.4, -0.2) is 49.9 Å². The molecule has 0 aliphatic carbocycles. The maximum Gasteiger partial charge on any atom is 0.269 e. The van der Waals surface area contributed by atoms with Gasteiger partial charge in [-0.2, -0.15) is 10.2 Å². The van der Waals surface area contributed by atoms with Crippen LogP contribution in [0.1, 0.15) is 27.9 Å². The van der Waals surface area contributed by atoms with E-state index in [2.05, 4.69) is 20.7 Å². The molecule has 0 spiro atoms. The maximum absolute atomic E-state index is 14.9. The quantitative estimate of drug-likeness (QED) is 0.353. The van der Waals surface area contributed by atoms with E-state index < -0.39 is 23.8 Å². The van der Waals surface area contributed by atoms with Crippen molar-refractivity contribution in [3.8, 4) is 17.1 Å². The summed E-state index contributed by atoms with van der Waals surface area (Å²) in [5.74, 6) is -1.54. The zero-order chi connectivity index (χ0) is 28.1. The second-order valence-electron chi connectivity index (χ2n) is 9.83. The molecule has 7 rings (SSSR count). The summed E-state index contributed by atoms with van der Waals surface area (Å²) in [7, 11) is 1.84. The molecule has 2 aliphatic heterocycles. The first-order chi connectivity index (χ1) is 20.0. The fourth-order valence-electron chi connectivity index (χ4n) is 5.32. The molecule has 0 fully saturated rings. The molecule has 1 atom stereocenters. The van der Waals surface area contributed by atoms with Gasteiger partial charge >= 0.3 is 0 Å². The molecule has 11 heteroatoms. The van der Waals surface area contributed by atoms with Crippen molar-refractivity contribution in [1.82, 2.24) is 24.9 Å². The summed E-state index contributed by atoms with van der Waals surface area (Å²) in [5.41, 5.74) is 3.65. The topological polar surface area (TPSA) is 115 Å². The van der Waals surface area contributed by atoms with Gasteiger partial charge in [-0.05, 0) is 12.1 Å². The molecule has 0 bridgehead atoms. The Balaban J connectivity index is 1.33. The Kier molecular flexibility index (Phi) is 5.84. The van der Waals surface area contributed by atoms with Crippen molar-refractivity contribution in [3.63, 3.8) is 0 Å². The van der Waals surface area contributed by atoms with Crippen LogP contribution < -0.4 is 15.4 Å². The molecule has 0 unspecified atom stereocenters. The van der Waals surface area contributed by atoms with Crippen molar-refractivity contribution in [2.45, 2.75) is 19.1 Å². The molecule has 10 nitrogen and oxygen atoms in total. The molecule has 0 saturated heterocycles. The van der Waals surface area contributed by atoms with Crippen LogP contribution in [0, 0.1) is 5.82 Å². The largest absolute Gasteiger partial charge is 0.477 e. The summed E-state index contributed by atoms with van der Waals surface area (Å²) in [6.07, 6.45) is 1.11. The van der Waals surface area contributed by atoms with E-state index in [0.717, 1.165) is 17.3 Å². The van der Waals surface area contributed by atoms with E-state index in [0.29, 0.717) is 47.1 Å². The summed E-state index contributed by atoms with van der Waals surface area (Å²) in [6.45, 7) is 1.00. The number of rotatable bonds is 4. The van der Waals surface area contributed by atoms with E-state index in [4.69, 9.17) is 9.84 Å². The molecule has 3 aromatic carbocycles. The lowest BCUT2D eigenvalue weighted by molar-refractivity contribution is -0.117. The minimum atomic E-state index is -1.36. The van der Waals surface area contributed by atoms with Crippen LogP contribution in [0.3, 0.4) is 0 Å². The lowest BCUT2D eigenvalue weighted by Crippen LogP contribution is -2.42. The van der Waals surface area contributed by atoms with Crippen molar-refractivity contribution in [1.29, 1.82) is 0 Å². The average molecular weight is 550 g/mol.